The molecule has 1 aliphatic rings. The van der Waals surface area contributed by atoms with E-state index >= 15 is 0 Å². The highest BCUT2D eigenvalue weighted by Crippen LogP contribution is 2.43. The molecule has 3 aromatic carbocycles. The average molecular weight is 458 g/mol. The Morgan fingerprint density at radius 1 is 0.912 bits per heavy atom. The summed E-state index contributed by atoms with van der Waals surface area (Å²) in [5.74, 6) is 1.20. The van der Waals surface area contributed by atoms with Gasteiger partial charge < -0.3 is 19.5 Å². The van der Waals surface area contributed by atoms with Crippen molar-refractivity contribution in [3.63, 3.8) is 0 Å². The molecule has 176 valence electrons. The van der Waals surface area contributed by atoms with Crippen molar-refractivity contribution in [3.05, 3.63) is 101 Å². The lowest BCUT2D eigenvalue weighted by Gasteiger charge is -2.28. The second-order valence-electron chi connectivity index (χ2n) is 8.79. The van der Waals surface area contributed by atoms with Gasteiger partial charge in [0, 0.05) is 12.1 Å². The summed E-state index contributed by atoms with van der Waals surface area (Å²) in [6.07, 6.45) is 0.613. The molecule has 5 nitrogen and oxygen atoms in total. The molecule has 5 heteroatoms. The summed E-state index contributed by atoms with van der Waals surface area (Å²) in [6, 6.07) is 23.4. The van der Waals surface area contributed by atoms with E-state index in [-0.39, 0.29) is 17.7 Å². The Morgan fingerprint density at radius 3 is 2.21 bits per heavy atom. The molecular formula is C29H31NO4. The van der Waals surface area contributed by atoms with Crippen LogP contribution in [-0.2, 0) is 11.2 Å². The summed E-state index contributed by atoms with van der Waals surface area (Å²) < 4.78 is 10.8. The zero-order valence-electron chi connectivity index (χ0n) is 20.1. The van der Waals surface area contributed by atoms with Crippen LogP contribution in [0.4, 0.5) is 0 Å². The van der Waals surface area contributed by atoms with Gasteiger partial charge in [0.15, 0.2) is 17.3 Å². The Hall–Kier alpha value is -3.73. The normalized spacial score (nSPS) is 15.9. The molecule has 4 rings (SSSR count). The number of aliphatic hydroxyl groups is 1. The summed E-state index contributed by atoms with van der Waals surface area (Å²) in [5.41, 5.74) is 4.73. The molecule has 0 bridgehead atoms. The number of methoxy groups -OCH3 is 2. The fraction of sp³-hybridized carbons (Fsp3) is 0.276. The molecule has 34 heavy (non-hydrogen) atoms. The van der Waals surface area contributed by atoms with Crippen molar-refractivity contribution in [2.24, 2.45) is 0 Å². The summed E-state index contributed by atoms with van der Waals surface area (Å²) in [7, 11) is 3.21. The molecule has 0 saturated heterocycles. The van der Waals surface area contributed by atoms with Crippen molar-refractivity contribution in [1.29, 1.82) is 0 Å². The van der Waals surface area contributed by atoms with E-state index in [2.05, 4.69) is 38.1 Å². The summed E-state index contributed by atoms with van der Waals surface area (Å²) in [5, 5.41) is 11.0. The van der Waals surface area contributed by atoms with Gasteiger partial charge in [0.1, 0.15) is 0 Å². The zero-order valence-corrected chi connectivity index (χ0v) is 20.1. The fourth-order valence-corrected chi connectivity index (χ4v) is 4.49. The van der Waals surface area contributed by atoms with Gasteiger partial charge in [0.25, 0.3) is 5.91 Å². The predicted octanol–water partition coefficient (Wildman–Crippen LogP) is 5.92. The maximum absolute atomic E-state index is 13.3. The second-order valence-corrected chi connectivity index (χ2v) is 8.79. The minimum absolute atomic E-state index is 0.184. The van der Waals surface area contributed by atoms with Crippen LogP contribution in [0.2, 0.25) is 0 Å². The van der Waals surface area contributed by atoms with E-state index in [1.165, 1.54) is 5.56 Å². The first kappa shape index (κ1) is 23.4. The Bertz CT molecular complexity index is 1180. The number of amides is 1. The smallest absolute Gasteiger partial charge is 0.289 e. The van der Waals surface area contributed by atoms with E-state index in [4.69, 9.17) is 9.47 Å². The third-order valence-electron chi connectivity index (χ3n) is 6.40. The highest BCUT2D eigenvalue weighted by Gasteiger charge is 2.40. The number of hydrogen-bond donors (Lipinski definition) is 1. The van der Waals surface area contributed by atoms with Gasteiger partial charge in [0.05, 0.1) is 20.3 Å². The largest absolute Gasteiger partial charge is 0.503 e. The average Bonchev–Trinajstić information content (AvgIpc) is 3.12. The van der Waals surface area contributed by atoms with Crippen molar-refractivity contribution < 1.29 is 19.4 Å². The van der Waals surface area contributed by atoms with E-state index in [9.17, 15) is 9.90 Å². The minimum Gasteiger partial charge on any atom is -0.503 e. The first-order chi connectivity index (χ1) is 16.4. The van der Waals surface area contributed by atoms with Gasteiger partial charge in [-0.2, -0.15) is 0 Å². The third-order valence-corrected chi connectivity index (χ3v) is 6.40. The quantitative estimate of drug-likeness (QED) is 0.456. The van der Waals surface area contributed by atoms with E-state index in [1.807, 2.05) is 48.5 Å². The topological polar surface area (TPSA) is 59.0 Å². The molecule has 0 saturated carbocycles. The number of nitrogens with zero attached hydrogens (tertiary/aromatic N) is 1. The van der Waals surface area contributed by atoms with Crippen molar-refractivity contribution in [3.8, 4) is 11.5 Å². The summed E-state index contributed by atoms with van der Waals surface area (Å²) in [6.45, 7) is 4.76. The van der Waals surface area contributed by atoms with Crippen molar-refractivity contribution >= 4 is 11.5 Å². The molecule has 1 aliphatic heterocycles. The zero-order chi connectivity index (χ0) is 24.2. The van der Waals surface area contributed by atoms with E-state index < -0.39 is 0 Å². The molecular weight excluding hydrogens is 426 g/mol. The highest BCUT2D eigenvalue weighted by atomic mass is 16.5. The number of rotatable bonds is 8. The maximum Gasteiger partial charge on any atom is 0.289 e. The standard InChI is InChI=1S/C29H31NO4/c1-19(2)21-11-13-23(14-12-21)27-26(22-8-6-5-7-9-22)28(31)29(32)30(27)17-16-20-10-15-24(33-3)25(18-20)34-4/h5-15,18-19,27,31H,16-17H2,1-4H3/t27-/m0/s1. The number of carbonyl (C=O) groups is 1. The second kappa shape index (κ2) is 10.0. The van der Waals surface area contributed by atoms with Crippen molar-refractivity contribution in [1.82, 2.24) is 4.90 Å². The third kappa shape index (κ3) is 4.51. The van der Waals surface area contributed by atoms with Crippen LogP contribution in [0.25, 0.3) is 5.57 Å². The molecule has 0 unspecified atom stereocenters. The van der Waals surface area contributed by atoms with Gasteiger partial charge in [0.2, 0.25) is 0 Å². The van der Waals surface area contributed by atoms with Gasteiger partial charge in [-0.25, -0.2) is 0 Å². The van der Waals surface area contributed by atoms with E-state index in [0.29, 0.717) is 36.0 Å². The van der Waals surface area contributed by atoms with Gasteiger partial charge in [-0.3, -0.25) is 4.79 Å². The van der Waals surface area contributed by atoms with Crippen LogP contribution in [0.1, 0.15) is 48.1 Å². The van der Waals surface area contributed by atoms with Gasteiger partial charge >= 0.3 is 0 Å². The molecule has 0 spiro atoms. The molecule has 0 aromatic heterocycles. The molecule has 0 aliphatic carbocycles. The van der Waals surface area contributed by atoms with Crippen LogP contribution in [-0.4, -0.2) is 36.7 Å². The number of aliphatic hydroxyl groups excluding tert-OH is 1. The molecule has 1 heterocycles. The lowest BCUT2D eigenvalue weighted by molar-refractivity contribution is -0.129. The Morgan fingerprint density at radius 2 is 1.59 bits per heavy atom. The van der Waals surface area contributed by atoms with Gasteiger partial charge in [-0.05, 0) is 46.7 Å². The van der Waals surface area contributed by atoms with Gasteiger partial charge in [-0.15, -0.1) is 0 Å². The Kier molecular flexibility index (Phi) is 6.92. The van der Waals surface area contributed by atoms with E-state index in [0.717, 1.165) is 16.7 Å². The van der Waals surface area contributed by atoms with Crippen LogP contribution in [0.5, 0.6) is 11.5 Å². The monoisotopic (exact) mass is 457 g/mol. The number of carbonyl (C=O) groups excluding carboxylic acids is 1. The lowest BCUT2D eigenvalue weighted by Crippen LogP contribution is -2.32. The molecule has 1 amide bonds. The maximum atomic E-state index is 13.3. The first-order valence-electron chi connectivity index (χ1n) is 11.5. The SMILES string of the molecule is COc1ccc(CCN2C(=O)C(O)=C(c3ccccc3)[C@@H]2c2ccc(C(C)C)cc2)cc1OC. The number of hydrogen-bond acceptors (Lipinski definition) is 4. The van der Waals surface area contributed by atoms with Crippen LogP contribution >= 0.6 is 0 Å². The highest BCUT2D eigenvalue weighted by molar-refractivity contribution is 6.05. The lowest BCUT2D eigenvalue weighted by atomic mass is 9.91. The van der Waals surface area contributed by atoms with Gasteiger partial charge in [-0.1, -0.05) is 74.5 Å². The molecule has 0 radical (unpaired) electrons. The fourth-order valence-electron chi connectivity index (χ4n) is 4.49. The first-order valence-corrected chi connectivity index (χ1v) is 11.5. The van der Waals surface area contributed by atoms with Crippen LogP contribution in [0.3, 0.4) is 0 Å². The summed E-state index contributed by atoms with van der Waals surface area (Å²) >= 11 is 0. The van der Waals surface area contributed by atoms with Crippen LogP contribution < -0.4 is 9.47 Å². The minimum atomic E-state index is -0.365. The van der Waals surface area contributed by atoms with Crippen molar-refractivity contribution in [2.75, 3.05) is 20.8 Å². The van der Waals surface area contributed by atoms with E-state index in [1.54, 1.807) is 19.1 Å². The molecule has 3 aromatic rings. The van der Waals surface area contributed by atoms with Crippen molar-refractivity contribution in [2.45, 2.75) is 32.2 Å². The predicted molar refractivity (Wildman–Crippen MR) is 134 cm³/mol. The molecule has 1 atom stereocenters. The molecule has 0 fully saturated rings. The number of benzene rings is 3. The molecule has 1 N–H and O–H groups in total. The number of ether oxygens (including phenoxy) is 2. The van der Waals surface area contributed by atoms with Crippen LogP contribution in [0.15, 0.2) is 78.6 Å². The Labute approximate surface area is 201 Å². The summed E-state index contributed by atoms with van der Waals surface area (Å²) in [4.78, 5) is 15.0. The Balaban J connectivity index is 1.68. The van der Waals surface area contributed by atoms with Crippen LogP contribution in [0, 0.1) is 0 Å².